The summed E-state index contributed by atoms with van der Waals surface area (Å²) < 4.78 is 0. The van der Waals surface area contributed by atoms with E-state index < -0.39 is 5.54 Å². The average molecular weight is 265 g/mol. The zero-order valence-electron chi connectivity index (χ0n) is 13.4. The van der Waals surface area contributed by atoms with E-state index in [4.69, 9.17) is 0 Å². The molecule has 0 amide bonds. The summed E-state index contributed by atoms with van der Waals surface area (Å²) in [5.74, 6) is 0. The molecule has 1 aliphatic rings. The van der Waals surface area contributed by atoms with Gasteiger partial charge in [-0.15, -0.1) is 0 Å². The maximum absolute atomic E-state index is 9.47. The van der Waals surface area contributed by atoms with Gasteiger partial charge in [-0.3, -0.25) is 10.2 Å². The zero-order chi connectivity index (χ0) is 14.5. The third-order valence-corrected chi connectivity index (χ3v) is 4.27. The van der Waals surface area contributed by atoms with Crippen molar-refractivity contribution in [1.29, 1.82) is 5.26 Å². The summed E-state index contributed by atoms with van der Waals surface area (Å²) in [5, 5.41) is 12.9. The van der Waals surface area contributed by atoms with Crippen LogP contribution < -0.4 is 5.32 Å². The van der Waals surface area contributed by atoms with Crippen molar-refractivity contribution in [2.75, 3.05) is 6.54 Å². The van der Waals surface area contributed by atoms with Crippen molar-refractivity contribution < 1.29 is 0 Å². The van der Waals surface area contributed by atoms with Crippen LogP contribution in [-0.4, -0.2) is 35.1 Å². The van der Waals surface area contributed by atoms with E-state index in [1.165, 1.54) is 32.2 Å². The minimum atomic E-state index is -0.413. The number of hydrogen-bond donors (Lipinski definition) is 1. The van der Waals surface area contributed by atoms with Crippen molar-refractivity contribution in [3.8, 4) is 6.07 Å². The van der Waals surface area contributed by atoms with Crippen LogP contribution in [0.1, 0.15) is 66.7 Å². The Labute approximate surface area is 119 Å². The molecule has 0 spiro atoms. The highest BCUT2D eigenvalue weighted by atomic mass is 15.2. The molecule has 3 unspecified atom stereocenters. The highest BCUT2D eigenvalue weighted by Gasteiger charge is 2.32. The molecule has 110 valence electrons. The lowest BCUT2D eigenvalue weighted by atomic mass is 9.90. The number of nitrogens with zero attached hydrogens (tertiary/aromatic N) is 2. The highest BCUT2D eigenvalue weighted by Crippen LogP contribution is 2.25. The first-order valence-corrected chi connectivity index (χ1v) is 7.86. The van der Waals surface area contributed by atoms with Gasteiger partial charge in [0.1, 0.15) is 5.54 Å². The molecule has 0 bridgehead atoms. The molecule has 3 heteroatoms. The van der Waals surface area contributed by atoms with Crippen LogP contribution in [0.2, 0.25) is 0 Å². The van der Waals surface area contributed by atoms with E-state index in [0.29, 0.717) is 18.1 Å². The van der Waals surface area contributed by atoms with Crippen LogP contribution in [0.3, 0.4) is 0 Å². The summed E-state index contributed by atoms with van der Waals surface area (Å²) in [7, 11) is 0. The Kier molecular flexibility index (Phi) is 6.29. The van der Waals surface area contributed by atoms with Crippen LogP contribution in [0.25, 0.3) is 0 Å². The van der Waals surface area contributed by atoms with Crippen LogP contribution >= 0.6 is 0 Å². The summed E-state index contributed by atoms with van der Waals surface area (Å²) >= 11 is 0. The third kappa shape index (κ3) is 4.78. The number of likely N-dealkylation sites (tertiary alicyclic amines) is 1. The second-order valence-corrected chi connectivity index (χ2v) is 6.59. The average Bonchev–Trinajstić information content (AvgIpc) is 2.37. The van der Waals surface area contributed by atoms with Gasteiger partial charge < -0.3 is 0 Å². The molecular formula is C16H31N3. The lowest BCUT2D eigenvalue weighted by Gasteiger charge is -2.42. The first-order chi connectivity index (χ1) is 8.91. The normalized spacial score (nSPS) is 25.8. The molecule has 0 aromatic carbocycles. The molecule has 0 aromatic heterocycles. The van der Waals surface area contributed by atoms with Crippen molar-refractivity contribution in [2.24, 2.45) is 0 Å². The molecule has 0 aliphatic carbocycles. The first-order valence-electron chi connectivity index (χ1n) is 7.86. The molecule has 0 saturated carbocycles. The van der Waals surface area contributed by atoms with Gasteiger partial charge in [0.05, 0.1) is 6.07 Å². The smallest absolute Gasteiger partial charge is 0.105 e. The molecule has 1 heterocycles. The highest BCUT2D eigenvalue weighted by molar-refractivity contribution is 5.06. The van der Waals surface area contributed by atoms with E-state index in [2.05, 4.69) is 44.0 Å². The van der Waals surface area contributed by atoms with E-state index >= 15 is 0 Å². The van der Waals surface area contributed by atoms with Crippen molar-refractivity contribution in [3.63, 3.8) is 0 Å². The molecule has 0 aromatic rings. The van der Waals surface area contributed by atoms with Gasteiger partial charge in [-0.1, -0.05) is 13.3 Å². The first kappa shape index (κ1) is 16.5. The standard InChI is InChI=1S/C16H31N3/c1-6-15-9-7-8-10-19(15)14(4)11-16(5,12-17)18-13(2)3/h13-15,18H,6-11H2,1-5H3. The van der Waals surface area contributed by atoms with Gasteiger partial charge in [0, 0.05) is 18.1 Å². The SMILES string of the molecule is CCC1CCCCN1C(C)CC(C)(C#N)NC(C)C. The lowest BCUT2D eigenvalue weighted by Crippen LogP contribution is -2.52. The summed E-state index contributed by atoms with van der Waals surface area (Å²) in [5.41, 5.74) is -0.413. The fourth-order valence-corrected chi connectivity index (χ4v) is 3.52. The predicted octanol–water partition coefficient (Wildman–Crippen LogP) is 3.31. The summed E-state index contributed by atoms with van der Waals surface area (Å²) in [6.07, 6.45) is 6.12. The Morgan fingerprint density at radius 3 is 2.58 bits per heavy atom. The molecule has 0 radical (unpaired) electrons. The van der Waals surface area contributed by atoms with Gasteiger partial charge in [0.2, 0.25) is 0 Å². The minimum Gasteiger partial charge on any atom is -0.298 e. The van der Waals surface area contributed by atoms with Crippen molar-refractivity contribution >= 4 is 0 Å². The predicted molar refractivity (Wildman–Crippen MR) is 81.0 cm³/mol. The topological polar surface area (TPSA) is 39.1 Å². The molecule has 3 atom stereocenters. The number of hydrogen-bond acceptors (Lipinski definition) is 3. The number of piperidine rings is 1. The Balaban J connectivity index is 2.65. The largest absolute Gasteiger partial charge is 0.298 e. The molecule has 1 fully saturated rings. The molecule has 19 heavy (non-hydrogen) atoms. The van der Waals surface area contributed by atoms with Crippen LogP contribution in [0, 0.1) is 11.3 Å². The van der Waals surface area contributed by atoms with Crippen molar-refractivity contribution in [2.45, 2.75) is 90.4 Å². The number of nitrogens with one attached hydrogen (secondary N) is 1. The lowest BCUT2D eigenvalue weighted by molar-refractivity contribution is 0.0840. The Bertz CT molecular complexity index is 308. The number of nitriles is 1. The summed E-state index contributed by atoms with van der Waals surface area (Å²) in [6, 6.07) is 4.01. The Hall–Kier alpha value is -0.590. The van der Waals surface area contributed by atoms with E-state index in [-0.39, 0.29) is 0 Å². The van der Waals surface area contributed by atoms with E-state index in [1.54, 1.807) is 0 Å². The Morgan fingerprint density at radius 1 is 1.37 bits per heavy atom. The molecule has 1 N–H and O–H groups in total. The quantitative estimate of drug-likeness (QED) is 0.801. The number of rotatable bonds is 6. The van der Waals surface area contributed by atoms with Crippen molar-refractivity contribution in [1.82, 2.24) is 10.2 Å². The summed E-state index contributed by atoms with van der Waals surface area (Å²) in [6.45, 7) is 12.0. The molecule has 1 aliphatic heterocycles. The van der Waals surface area contributed by atoms with Crippen LogP contribution in [0.5, 0.6) is 0 Å². The van der Waals surface area contributed by atoms with E-state index in [0.717, 1.165) is 6.42 Å². The second-order valence-electron chi connectivity index (χ2n) is 6.59. The molecule has 1 saturated heterocycles. The molecule has 1 rings (SSSR count). The zero-order valence-corrected chi connectivity index (χ0v) is 13.4. The van der Waals surface area contributed by atoms with E-state index in [1.807, 2.05) is 6.92 Å². The third-order valence-electron chi connectivity index (χ3n) is 4.27. The maximum atomic E-state index is 9.47. The van der Waals surface area contributed by atoms with Crippen LogP contribution in [0.15, 0.2) is 0 Å². The van der Waals surface area contributed by atoms with Crippen molar-refractivity contribution in [3.05, 3.63) is 0 Å². The fraction of sp³-hybridized carbons (Fsp3) is 0.938. The van der Waals surface area contributed by atoms with E-state index in [9.17, 15) is 5.26 Å². The molecular weight excluding hydrogens is 234 g/mol. The van der Waals surface area contributed by atoms with Gasteiger partial charge in [-0.05, 0) is 59.9 Å². The monoisotopic (exact) mass is 265 g/mol. The van der Waals surface area contributed by atoms with Gasteiger partial charge in [0.15, 0.2) is 0 Å². The van der Waals surface area contributed by atoms with Gasteiger partial charge in [0.25, 0.3) is 0 Å². The fourth-order valence-electron chi connectivity index (χ4n) is 3.52. The Morgan fingerprint density at radius 2 is 2.05 bits per heavy atom. The van der Waals surface area contributed by atoms with Crippen LogP contribution in [0.4, 0.5) is 0 Å². The van der Waals surface area contributed by atoms with Crippen LogP contribution in [-0.2, 0) is 0 Å². The molecule has 3 nitrogen and oxygen atoms in total. The maximum Gasteiger partial charge on any atom is 0.105 e. The van der Waals surface area contributed by atoms with Gasteiger partial charge in [-0.2, -0.15) is 5.26 Å². The second kappa shape index (κ2) is 7.26. The van der Waals surface area contributed by atoms with Gasteiger partial charge in [-0.25, -0.2) is 0 Å². The minimum absolute atomic E-state index is 0.347. The van der Waals surface area contributed by atoms with Gasteiger partial charge >= 0.3 is 0 Å². The summed E-state index contributed by atoms with van der Waals surface area (Å²) in [4.78, 5) is 2.63.